The number of benzene rings is 2. The summed E-state index contributed by atoms with van der Waals surface area (Å²) in [5.74, 6) is 1.56. The molecule has 0 aliphatic heterocycles. The van der Waals surface area contributed by atoms with Crippen molar-refractivity contribution in [1.29, 1.82) is 0 Å². The Labute approximate surface area is 173 Å². The monoisotopic (exact) mass is 412 g/mol. The van der Waals surface area contributed by atoms with E-state index in [4.69, 9.17) is 21.1 Å². The van der Waals surface area contributed by atoms with E-state index in [1.807, 2.05) is 12.1 Å². The molecule has 8 heteroatoms. The quantitative estimate of drug-likeness (QED) is 0.514. The molecule has 0 atom stereocenters. The van der Waals surface area contributed by atoms with Crippen LogP contribution in [-0.4, -0.2) is 30.4 Å². The molecule has 0 radical (unpaired) electrons. The Kier molecular flexibility index (Phi) is 5.31. The van der Waals surface area contributed by atoms with Crippen LogP contribution in [0.3, 0.4) is 0 Å². The zero-order valence-electron chi connectivity index (χ0n) is 16.1. The van der Waals surface area contributed by atoms with Gasteiger partial charge in [-0.1, -0.05) is 23.7 Å². The van der Waals surface area contributed by atoms with Crippen molar-refractivity contribution < 1.29 is 14.3 Å². The number of anilines is 2. The standard InChI is InChI=1S/C21H21ClN4O3/c1-28-16-9-15(10-17(11-16)29-2)23-21(27)24-20-18(12-3-4-12)25-26-19(20)13-5-7-14(22)8-6-13/h5-12H,3-4H2,1-2H3,(H,25,26)(H2,23,24,27). The summed E-state index contributed by atoms with van der Waals surface area (Å²) in [5.41, 5.74) is 3.73. The first-order chi connectivity index (χ1) is 14.1. The van der Waals surface area contributed by atoms with E-state index in [0.717, 1.165) is 24.1 Å². The molecule has 0 saturated heterocycles. The Hall–Kier alpha value is -3.19. The van der Waals surface area contributed by atoms with Gasteiger partial charge in [-0.15, -0.1) is 0 Å². The third-order valence-corrected chi connectivity index (χ3v) is 5.00. The van der Waals surface area contributed by atoms with Gasteiger partial charge in [0.05, 0.1) is 25.6 Å². The van der Waals surface area contributed by atoms with E-state index in [-0.39, 0.29) is 6.03 Å². The molecule has 7 nitrogen and oxygen atoms in total. The van der Waals surface area contributed by atoms with Crippen molar-refractivity contribution >= 4 is 29.0 Å². The molecule has 150 valence electrons. The van der Waals surface area contributed by atoms with E-state index in [1.54, 1.807) is 44.6 Å². The number of aromatic nitrogens is 2. The number of hydrogen-bond acceptors (Lipinski definition) is 4. The molecule has 1 aliphatic rings. The fourth-order valence-corrected chi connectivity index (χ4v) is 3.25. The van der Waals surface area contributed by atoms with Gasteiger partial charge in [0.25, 0.3) is 0 Å². The van der Waals surface area contributed by atoms with E-state index in [0.29, 0.717) is 39.5 Å². The SMILES string of the molecule is COc1cc(NC(=O)Nc2c(-c3ccc(Cl)cc3)n[nH]c2C2CC2)cc(OC)c1. The minimum Gasteiger partial charge on any atom is -0.497 e. The number of nitrogens with zero attached hydrogens (tertiary/aromatic N) is 1. The van der Waals surface area contributed by atoms with E-state index < -0.39 is 0 Å². The molecule has 2 amide bonds. The molecule has 4 rings (SSSR count). The van der Waals surface area contributed by atoms with Crippen LogP contribution in [0.5, 0.6) is 11.5 Å². The second kappa shape index (κ2) is 8.05. The van der Waals surface area contributed by atoms with Gasteiger partial charge in [0.1, 0.15) is 17.2 Å². The molecule has 29 heavy (non-hydrogen) atoms. The summed E-state index contributed by atoms with van der Waals surface area (Å²) in [4.78, 5) is 12.7. The van der Waals surface area contributed by atoms with Gasteiger partial charge in [0, 0.05) is 40.4 Å². The maximum absolute atomic E-state index is 12.7. The number of hydrogen-bond donors (Lipinski definition) is 3. The maximum atomic E-state index is 12.7. The van der Waals surface area contributed by atoms with Crippen LogP contribution in [-0.2, 0) is 0 Å². The molecule has 2 aromatic carbocycles. The lowest BCUT2D eigenvalue weighted by Gasteiger charge is -2.12. The lowest BCUT2D eigenvalue weighted by molar-refractivity contribution is 0.262. The first-order valence-electron chi connectivity index (χ1n) is 9.22. The molecule has 1 aromatic heterocycles. The van der Waals surface area contributed by atoms with Crippen LogP contribution in [0.15, 0.2) is 42.5 Å². The molecule has 3 N–H and O–H groups in total. The van der Waals surface area contributed by atoms with Crippen LogP contribution in [0.25, 0.3) is 11.3 Å². The fourth-order valence-electron chi connectivity index (χ4n) is 3.12. The van der Waals surface area contributed by atoms with Crippen LogP contribution >= 0.6 is 11.6 Å². The largest absolute Gasteiger partial charge is 0.497 e. The van der Waals surface area contributed by atoms with Crippen molar-refractivity contribution in [3.05, 3.63) is 53.2 Å². The van der Waals surface area contributed by atoms with Crippen molar-refractivity contribution in [3.63, 3.8) is 0 Å². The van der Waals surface area contributed by atoms with Gasteiger partial charge in [-0.3, -0.25) is 5.10 Å². The minimum atomic E-state index is -0.376. The van der Waals surface area contributed by atoms with Crippen LogP contribution in [0.2, 0.25) is 5.02 Å². The number of ether oxygens (including phenoxy) is 2. The number of H-pyrrole nitrogens is 1. The Morgan fingerprint density at radius 2 is 1.72 bits per heavy atom. The fraction of sp³-hybridized carbons (Fsp3) is 0.238. The van der Waals surface area contributed by atoms with Gasteiger partial charge in [0.15, 0.2) is 0 Å². The molecular weight excluding hydrogens is 392 g/mol. The summed E-state index contributed by atoms with van der Waals surface area (Å²) in [6.45, 7) is 0. The predicted molar refractivity (Wildman–Crippen MR) is 113 cm³/mol. The van der Waals surface area contributed by atoms with Gasteiger partial charge in [-0.2, -0.15) is 5.10 Å². The van der Waals surface area contributed by atoms with Gasteiger partial charge in [-0.25, -0.2) is 4.79 Å². The summed E-state index contributed by atoms with van der Waals surface area (Å²) in [6, 6.07) is 12.2. The molecule has 1 fully saturated rings. The number of nitrogens with one attached hydrogen (secondary N) is 3. The molecule has 0 unspecified atom stereocenters. The van der Waals surface area contributed by atoms with Gasteiger partial charge < -0.3 is 20.1 Å². The third kappa shape index (κ3) is 4.30. The highest BCUT2D eigenvalue weighted by molar-refractivity contribution is 6.30. The second-order valence-electron chi connectivity index (χ2n) is 6.82. The number of carbonyl (C=O) groups is 1. The van der Waals surface area contributed by atoms with Crippen molar-refractivity contribution in [2.24, 2.45) is 0 Å². The number of carbonyl (C=O) groups excluding carboxylic acids is 1. The molecule has 1 heterocycles. The molecule has 1 saturated carbocycles. The summed E-state index contributed by atoms with van der Waals surface area (Å²) in [5, 5.41) is 14.0. The molecule has 1 aliphatic carbocycles. The minimum absolute atomic E-state index is 0.376. The van der Waals surface area contributed by atoms with Gasteiger partial charge in [-0.05, 0) is 25.0 Å². The van der Waals surface area contributed by atoms with E-state index in [9.17, 15) is 4.79 Å². The van der Waals surface area contributed by atoms with Crippen LogP contribution in [0.1, 0.15) is 24.5 Å². The Balaban J connectivity index is 1.59. The zero-order valence-corrected chi connectivity index (χ0v) is 16.8. The van der Waals surface area contributed by atoms with E-state index >= 15 is 0 Å². The number of aromatic amines is 1. The number of methoxy groups -OCH3 is 2. The summed E-state index contributed by atoms with van der Waals surface area (Å²) in [7, 11) is 3.12. The number of rotatable bonds is 6. The average Bonchev–Trinajstić information content (AvgIpc) is 3.49. The number of urea groups is 1. The summed E-state index contributed by atoms with van der Waals surface area (Å²) >= 11 is 6.00. The third-order valence-electron chi connectivity index (χ3n) is 4.75. The first kappa shape index (κ1) is 19.1. The topological polar surface area (TPSA) is 88.3 Å². The highest BCUT2D eigenvalue weighted by atomic mass is 35.5. The van der Waals surface area contributed by atoms with Crippen molar-refractivity contribution in [3.8, 4) is 22.8 Å². The van der Waals surface area contributed by atoms with E-state index in [2.05, 4.69) is 20.8 Å². The highest BCUT2D eigenvalue weighted by Crippen LogP contribution is 2.45. The average molecular weight is 413 g/mol. The van der Waals surface area contributed by atoms with E-state index in [1.165, 1.54) is 0 Å². The first-order valence-corrected chi connectivity index (χ1v) is 9.60. The van der Waals surface area contributed by atoms with Gasteiger partial charge >= 0.3 is 6.03 Å². The van der Waals surface area contributed by atoms with Crippen LogP contribution in [0, 0.1) is 0 Å². The van der Waals surface area contributed by atoms with Crippen molar-refractivity contribution in [2.45, 2.75) is 18.8 Å². The normalized spacial score (nSPS) is 13.1. The maximum Gasteiger partial charge on any atom is 0.323 e. The number of amides is 2. The molecule has 0 spiro atoms. The van der Waals surface area contributed by atoms with Crippen molar-refractivity contribution in [1.82, 2.24) is 10.2 Å². The molecular formula is C21H21ClN4O3. The van der Waals surface area contributed by atoms with Crippen molar-refractivity contribution in [2.75, 3.05) is 24.9 Å². The molecule has 0 bridgehead atoms. The predicted octanol–water partition coefficient (Wildman–Crippen LogP) is 5.27. The molecule has 3 aromatic rings. The number of halogens is 1. The lowest BCUT2D eigenvalue weighted by atomic mass is 10.1. The Bertz CT molecular complexity index is 1010. The summed E-state index contributed by atoms with van der Waals surface area (Å²) < 4.78 is 10.5. The lowest BCUT2D eigenvalue weighted by Crippen LogP contribution is -2.20. The van der Waals surface area contributed by atoms with Crippen LogP contribution in [0.4, 0.5) is 16.2 Å². The highest BCUT2D eigenvalue weighted by Gasteiger charge is 2.31. The Morgan fingerprint density at radius 3 is 2.31 bits per heavy atom. The van der Waals surface area contributed by atoms with Crippen LogP contribution < -0.4 is 20.1 Å². The summed E-state index contributed by atoms with van der Waals surface area (Å²) in [6.07, 6.45) is 2.15. The zero-order chi connectivity index (χ0) is 20.4. The van der Waals surface area contributed by atoms with Gasteiger partial charge in [0.2, 0.25) is 0 Å². The smallest absolute Gasteiger partial charge is 0.323 e. The second-order valence-corrected chi connectivity index (χ2v) is 7.26. The Morgan fingerprint density at radius 1 is 1.07 bits per heavy atom.